The first kappa shape index (κ1) is 27.3. The zero-order valence-corrected chi connectivity index (χ0v) is 19.8. The minimum Gasteiger partial charge on any atom is -0.486 e. The minimum absolute atomic E-state index is 0.0872. The minimum atomic E-state index is -4.94. The van der Waals surface area contributed by atoms with Gasteiger partial charge in [-0.15, -0.1) is 0 Å². The molecule has 202 valence electrons. The van der Waals surface area contributed by atoms with Gasteiger partial charge >= 0.3 is 6.18 Å². The van der Waals surface area contributed by atoms with Crippen LogP contribution in [0.25, 0.3) is 11.4 Å². The van der Waals surface area contributed by atoms with E-state index >= 15 is 0 Å². The first-order valence-corrected chi connectivity index (χ1v) is 11.5. The van der Waals surface area contributed by atoms with Crippen LogP contribution in [0, 0.1) is 5.92 Å². The lowest BCUT2D eigenvalue weighted by Gasteiger charge is -2.20. The number of aromatic nitrogens is 3. The lowest BCUT2D eigenvalue weighted by Crippen LogP contribution is -2.29. The number of hydrogen-bond donors (Lipinski definition) is 1. The van der Waals surface area contributed by atoms with E-state index in [1.54, 1.807) is 0 Å². The highest BCUT2D eigenvalue weighted by molar-refractivity contribution is 5.95. The molecule has 0 spiro atoms. The summed E-state index contributed by atoms with van der Waals surface area (Å²) < 4.78 is 99.3. The molecule has 0 bridgehead atoms. The van der Waals surface area contributed by atoms with E-state index in [1.807, 2.05) is 0 Å². The van der Waals surface area contributed by atoms with Crippen LogP contribution in [0.2, 0.25) is 0 Å². The van der Waals surface area contributed by atoms with Crippen molar-refractivity contribution in [3.63, 3.8) is 0 Å². The molecule has 2 aromatic heterocycles. The molecule has 2 heterocycles. The van der Waals surface area contributed by atoms with Gasteiger partial charge in [-0.25, -0.2) is 17.6 Å². The molecule has 1 unspecified atom stereocenters. The summed E-state index contributed by atoms with van der Waals surface area (Å²) >= 11 is 0. The summed E-state index contributed by atoms with van der Waals surface area (Å²) in [5, 5.41) is 2.48. The lowest BCUT2D eigenvalue weighted by molar-refractivity contribution is -0.137. The predicted octanol–water partition coefficient (Wildman–Crippen LogP) is 6.19. The van der Waals surface area contributed by atoms with Crippen LogP contribution in [0.15, 0.2) is 48.9 Å². The summed E-state index contributed by atoms with van der Waals surface area (Å²) in [6.07, 6.45) is -3.38. The molecule has 4 rings (SSSR count). The number of carbonyl (C=O) groups excluding carboxylic acids is 1. The van der Waals surface area contributed by atoms with Gasteiger partial charge in [0.2, 0.25) is 0 Å². The molecule has 0 radical (unpaired) electrons. The third-order valence-corrected chi connectivity index (χ3v) is 5.84. The molecule has 1 N–H and O–H groups in total. The second kappa shape index (κ2) is 10.5. The Balaban J connectivity index is 1.59. The van der Waals surface area contributed by atoms with Crippen molar-refractivity contribution in [2.75, 3.05) is 6.61 Å². The lowest BCUT2D eigenvalue weighted by atomic mass is 9.97. The molecular weight excluding hydrogens is 521 g/mol. The van der Waals surface area contributed by atoms with Gasteiger partial charge < -0.3 is 10.1 Å². The number of benzene rings is 1. The van der Waals surface area contributed by atoms with E-state index in [0.717, 1.165) is 6.07 Å². The maximum Gasteiger partial charge on any atom is 0.416 e. The van der Waals surface area contributed by atoms with Crippen LogP contribution in [0.1, 0.15) is 53.0 Å². The zero-order chi connectivity index (χ0) is 27.7. The van der Waals surface area contributed by atoms with Crippen LogP contribution in [-0.4, -0.2) is 33.9 Å². The molecule has 38 heavy (non-hydrogen) atoms. The Bertz CT molecular complexity index is 1300. The first-order valence-electron chi connectivity index (χ1n) is 11.5. The Morgan fingerprint density at radius 2 is 1.71 bits per heavy atom. The fourth-order valence-corrected chi connectivity index (χ4v) is 3.77. The number of carbonyl (C=O) groups is 1. The smallest absolute Gasteiger partial charge is 0.416 e. The summed E-state index contributed by atoms with van der Waals surface area (Å²) in [5.41, 5.74) is -2.16. The third kappa shape index (κ3) is 6.20. The number of nitrogens with one attached hydrogen (secondary N) is 1. The summed E-state index contributed by atoms with van der Waals surface area (Å²) in [6, 6.07) is 3.56. The van der Waals surface area contributed by atoms with Gasteiger partial charge in [-0.3, -0.25) is 19.7 Å². The van der Waals surface area contributed by atoms with E-state index in [0.29, 0.717) is 12.1 Å². The van der Waals surface area contributed by atoms with Gasteiger partial charge in [0.15, 0.2) is 0 Å². The van der Waals surface area contributed by atoms with E-state index < -0.39 is 59.7 Å². The predicted molar refractivity (Wildman–Crippen MR) is 121 cm³/mol. The zero-order valence-electron chi connectivity index (χ0n) is 19.8. The van der Waals surface area contributed by atoms with Crippen LogP contribution >= 0.6 is 0 Å². The van der Waals surface area contributed by atoms with Crippen LogP contribution in [0.5, 0.6) is 5.75 Å². The standard InChI is InChI=1S/C25H21F7N4O2/c1-13(21-22(34-7-6-33-21)19-5-4-18(11-35-19)38-12-20(26)27)36-23(37)14-8-16(24(28,29)15-2-3-15)10-17(9-14)25(30,31)32/h4-11,13,15,20H,2-3,12H2,1H3,(H,36,37). The largest absolute Gasteiger partial charge is 0.486 e. The molecule has 6 nitrogen and oxygen atoms in total. The Morgan fingerprint density at radius 3 is 2.32 bits per heavy atom. The maximum atomic E-state index is 14.7. The summed E-state index contributed by atoms with van der Waals surface area (Å²) in [6.45, 7) is 0.670. The van der Waals surface area contributed by atoms with E-state index in [4.69, 9.17) is 4.74 Å². The highest BCUT2D eigenvalue weighted by Gasteiger charge is 2.49. The van der Waals surface area contributed by atoms with Crippen molar-refractivity contribution in [2.45, 2.75) is 44.3 Å². The monoisotopic (exact) mass is 542 g/mol. The summed E-state index contributed by atoms with van der Waals surface area (Å²) in [4.78, 5) is 25.4. The Kier molecular flexibility index (Phi) is 7.56. The highest BCUT2D eigenvalue weighted by atomic mass is 19.4. The Hall–Kier alpha value is -3.77. The molecule has 1 amide bonds. The SMILES string of the molecule is CC(NC(=O)c1cc(C(F)(F)F)cc(C(F)(F)C2CC2)c1)c1nccnc1-c1ccc(OCC(F)F)cn1. The molecule has 1 aliphatic carbocycles. The second-order valence-electron chi connectivity index (χ2n) is 8.76. The second-order valence-corrected chi connectivity index (χ2v) is 8.76. The van der Waals surface area contributed by atoms with Gasteiger partial charge in [0.25, 0.3) is 18.3 Å². The molecule has 1 aromatic carbocycles. The number of pyridine rings is 1. The van der Waals surface area contributed by atoms with Crippen molar-refractivity contribution in [2.24, 2.45) is 5.92 Å². The van der Waals surface area contributed by atoms with Crippen LogP contribution in [0.3, 0.4) is 0 Å². The topological polar surface area (TPSA) is 77.0 Å². The van der Waals surface area contributed by atoms with Crippen molar-refractivity contribution >= 4 is 5.91 Å². The third-order valence-electron chi connectivity index (χ3n) is 5.84. The number of halogens is 7. The fraction of sp³-hybridized carbons (Fsp3) is 0.360. The van der Waals surface area contributed by atoms with Gasteiger partial charge in [0, 0.05) is 29.4 Å². The fourth-order valence-electron chi connectivity index (χ4n) is 3.77. The average molecular weight is 542 g/mol. The van der Waals surface area contributed by atoms with Crippen molar-refractivity contribution in [1.29, 1.82) is 0 Å². The Morgan fingerprint density at radius 1 is 1.03 bits per heavy atom. The van der Waals surface area contributed by atoms with E-state index in [1.165, 1.54) is 37.6 Å². The molecule has 1 atom stereocenters. The van der Waals surface area contributed by atoms with Crippen molar-refractivity contribution < 1.29 is 40.3 Å². The number of hydrogen-bond acceptors (Lipinski definition) is 5. The first-order chi connectivity index (χ1) is 17.9. The maximum absolute atomic E-state index is 14.7. The van der Waals surface area contributed by atoms with Gasteiger partial charge in [-0.05, 0) is 50.1 Å². The number of amides is 1. The van der Waals surface area contributed by atoms with E-state index in [9.17, 15) is 35.5 Å². The number of ether oxygens (including phenoxy) is 1. The highest BCUT2D eigenvalue weighted by Crippen LogP contribution is 2.50. The van der Waals surface area contributed by atoms with Crippen molar-refractivity contribution in [3.8, 4) is 17.1 Å². The molecule has 13 heteroatoms. The van der Waals surface area contributed by atoms with Crippen LogP contribution in [0.4, 0.5) is 30.7 Å². The number of alkyl halides is 7. The summed E-state index contributed by atoms with van der Waals surface area (Å²) in [5.74, 6) is -5.50. The molecule has 3 aromatic rings. The number of rotatable bonds is 9. The van der Waals surface area contributed by atoms with Gasteiger partial charge in [-0.1, -0.05) is 0 Å². The van der Waals surface area contributed by atoms with Crippen LogP contribution in [-0.2, 0) is 12.1 Å². The average Bonchev–Trinajstić information content (AvgIpc) is 3.73. The van der Waals surface area contributed by atoms with Crippen molar-refractivity contribution in [3.05, 3.63) is 71.3 Å². The molecule has 1 aliphatic rings. The van der Waals surface area contributed by atoms with E-state index in [2.05, 4.69) is 20.3 Å². The quantitative estimate of drug-likeness (QED) is 0.326. The van der Waals surface area contributed by atoms with Crippen molar-refractivity contribution in [1.82, 2.24) is 20.3 Å². The van der Waals surface area contributed by atoms with Gasteiger partial charge in [0.05, 0.1) is 29.2 Å². The molecule has 0 aliphatic heterocycles. The van der Waals surface area contributed by atoms with Gasteiger partial charge in [0.1, 0.15) is 18.1 Å². The normalized spacial score (nSPS) is 14.9. The molecular formula is C25H21F7N4O2. The Labute approximate surface area is 212 Å². The summed E-state index contributed by atoms with van der Waals surface area (Å²) in [7, 11) is 0. The van der Waals surface area contributed by atoms with Gasteiger partial charge in [-0.2, -0.15) is 13.2 Å². The molecule has 1 saturated carbocycles. The molecule has 0 saturated heterocycles. The van der Waals surface area contributed by atoms with Crippen LogP contribution < -0.4 is 10.1 Å². The molecule has 1 fully saturated rings. The van der Waals surface area contributed by atoms with E-state index in [-0.39, 0.29) is 35.7 Å². The number of nitrogens with zero attached hydrogens (tertiary/aromatic N) is 3.